The number of aromatic nitrogens is 2. The summed E-state index contributed by atoms with van der Waals surface area (Å²) < 4.78 is 0. The summed E-state index contributed by atoms with van der Waals surface area (Å²) in [5.74, 6) is 2.31. The number of rotatable bonds is 3. The zero-order valence-electron chi connectivity index (χ0n) is 10.7. The number of nitrogens with zero attached hydrogens (tertiary/aromatic N) is 2. The summed E-state index contributed by atoms with van der Waals surface area (Å²) in [6.45, 7) is 6.49. The fourth-order valence-electron chi connectivity index (χ4n) is 2.13. The van der Waals surface area contributed by atoms with Crippen LogP contribution >= 0.6 is 11.3 Å². The van der Waals surface area contributed by atoms with Crippen molar-refractivity contribution in [3.8, 4) is 0 Å². The fourth-order valence-corrected chi connectivity index (χ4v) is 3.04. The Labute approximate surface area is 106 Å². The van der Waals surface area contributed by atoms with Gasteiger partial charge in [-0.1, -0.05) is 13.8 Å². The highest BCUT2D eigenvalue weighted by Gasteiger charge is 2.24. The third-order valence-corrected chi connectivity index (χ3v) is 4.25. The van der Waals surface area contributed by atoms with Crippen molar-refractivity contribution >= 4 is 21.6 Å². The summed E-state index contributed by atoms with van der Waals surface area (Å²) in [5.41, 5.74) is 1.28. The third kappa shape index (κ3) is 2.21. The Balaban J connectivity index is 2.13. The molecular formula is C14H18N2S. The Morgan fingerprint density at radius 1 is 1.35 bits per heavy atom. The zero-order valence-corrected chi connectivity index (χ0v) is 11.5. The number of fused-ring (bicyclic) bond motifs is 1. The standard InChI is InChI=1S/C14H18N2S/c1-8(2)13-15-12(7-10-4-5-10)11-6-9(3)17-14(11)16-13/h6,8,10H,4-5,7H2,1-3H3. The average Bonchev–Trinajstić information content (AvgIpc) is 2.98. The molecule has 0 N–H and O–H groups in total. The number of hydrogen-bond donors (Lipinski definition) is 0. The monoisotopic (exact) mass is 246 g/mol. The predicted molar refractivity (Wildman–Crippen MR) is 72.7 cm³/mol. The van der Waals surface area contributed by atoms with Crippen LogP contribution in [0.15, 0.2) is 6.07 Å². The SMILES string of the molecule is Cc1cc2c(CC3CC3)nc(C(C)C)nc2s1. The van der Waals surface area contributed by atoms with Crippen LogP contribution in [0.25, 0.3) is 10.2 Å². The van der Waals surface area contributed by atoms with Crippen LogP contribution in [0.4, 0.5) is 0 Å². The van der Waals surface area contributed by atoms with Gasteiger partial charge >= 0.3 is 0 Å². The molecule has 0 bridgehead atoms. The molecule has 0 radical (unpaired) electrons. The molecule has 0 saturated heterocycles. The van der Waals surface area contributed by atoms with E-state index in [1.54, 1.807) is 11.3 Å². The van der Waals surface area contributed by atoms with E-state index in [1.807, 2.05) is 0 Å². The Hall–Kier alpha value is -0.960. The molecule has 1 saturated carbocycles. The first kappa shape index (κ1) is 11.1. The van der Waals surface area contributed by atoms with Gasteiger partial charge in [-0.25, -0.2) is 9.97 Å². The first-order valence-corrected chi connectivity index (χ1v) is 7.22. The van der Waals surface area contributed by atoms with Crippen LogP contribution in [0.5, 0.6) is 0 Å². The molecule has 17 heavy (non-hydrogen) atoms. The summed E-state index contributed by atoms with van der Waals surface area (Å²) in [5, 5.41) is 1.30. The minimum absolute atomic E-state index is 0.416. The van der Waals surface area contributed by atoms with Gasteiger partial charge < -0.3 is 0 Å². The molecule has 1 aliphatic carbocycles. The molecule has 90 valence electrons. The number of thiophene rings is 1. The van der Waals surface area contributed by atoms with Crippen molar-refractivity contribution in [2.24, 2.45) is 5.92 Å². The van der Waals surface area contributed by atoms with Crippen LogP contribution in [-0.2, 0) is 6.42 Å². The molecule has 2 nitrogen and oxygen atoms in total. The lowest BCUT2D eigenvalue weighted by atomic mass is 10.1. The molecule has 1 fully saturated rings. The van der Waals surface area contributed by atoms with Gasteiger partial charge in [0.05, 0.1) is 5.69 Å². The van der Waals surface area contributed by atoms with Crippen LogP contribution in [0.2, 0.25) is 0 Å². The van der Waals surface area contributed by atoms with Gasteiger partial charge in [0.25, 0.3) is 0 Å². The summed E-state index contributed by atoms with van der Waals surface area (Å²) in [7, 11) is 0. The normalized spacial score (nSPS) is 16.0. The summed E-state index contributed by atoms with van der Waals surface area (Å²) in [6, 6.07) is 2.25. The van der Waals surface area contributed by atoms with E-state index >= 15 is 0 Å². The molecule has 3 heteroatoms. The zero-order chi connectivity index (χ0) is 12.0. The minimum atomic E-state index is 0.416. The lowest BCUT2D eigenvalue weighted by molar-refractivity contribution is 0.745. The minimum Gasteiger partial charge on any atom is -0.237 e. The van der Waals surface area contributed by atoms with E-state index in [4.69, 9.17) is 9.97 Å². The molecule has 0 unspecified atom stereocenters. The Morgan fingerprint density at radius 2 is 2.12 bits per heavy atom. The van der Waals surface area contributed by atoms with Gasteiger partial charge in [0, 0.05) is 16.2 Å². The van der Waals surface area contributed by atoms with Crippen LogP contribution in [-0.4, -0.2) is 9.97 Å². The molecule has 0 aliphatic heterocycles. The Morgan fingerprint density at radius 3 is 2.76 bits per heavy atom. The highest BCUT2D eigenvalue weighted by atomic mass is 32.1. The Bertz CT molecular complexity index is 553. The second kappa shape index (κ2) is 4.05. The van der Waals surface area contributed by atoms with Crippen molar-refractivity contribution in [1.29, 1.82) is 0 Å². The fraction of sp³-hybridized carbons (Fsp3) is 0.571. The summed E-state index contributed by atoms with van der Waals surface area (Å²) in [6.07, 6.45) is 3.91. The van der Waals surface area contributed by atoms with Gasteiger partial charge in [0.1, 0.15) is 10.7 Å². The van der Waals surface area contributed by atoms with E-state index in [-0.39, 0.29) is 0 Å². The Kier molecular flexibility index (Phi) is 2.66. The van der Waals surface area contributed by atoms with Crippen LogP contribution in [0, 0.1) is 12.8 Å². The van der Waals surface area contributed by atoms with Gasteiger partial charge in [-0.15, -0.1) is 11.3 Å². The largest absolute Gasteiger partial charge is 0.237 e. The van der Waals surface area contributed by atoms with Gasteiger partial charge in [-0.3, -0.25) is 0 Å². The molecule has 0 atom stereocenters. The highest BCUT2D eigenvalue weighted by Crippen LogP contribution is 2.35. The maximum Gasteiger partial charge on any atom is 0.132 e. The summed E-state index contributed by atoms with van der Waals surface area (Å²) in [4.78, 5) is 12.0. The second-order valence-electron chi connectivity index (χ2n) is 5.41. The maximum atomic E-state index is 4.79. The third-order valence-electron chi connectivity index (χ3n) is 3.31. The quantitative estimate of drug-likeness (QED) is 0.815. The molecule has 2 aromatic rings. The first-order chi connectivity index (χ1) is 8.13. The van der Waals surface area contributed by atoms with E-state index in [0.717, 1.165) is 18.2 Å². The number of aryl methyl sites for hydroxylation is 1. The second-order valence-corrected chi connectivity index (χ2v) is 6.64. The van der Waals surface area contributed by atoms with Crippen molar-refractivity contribution in [3.05, 3.63) is 22.5 Å². The summed E-state index contributed by atoms with van der Waals surface area (Å²) >= 11 is 1.79. The molecule has 3 rings (SSSR count). The lowest BCUT2D eigenvalue weighted by Gasteiger charge is -2.07. The maximum absolute atomic E-state index is 4.79. The van der Waals surface area contributed by atoms with Crippen LogP contribution in [0.1, 0.15) is 49.0 Å². The van der Waals surface area contributed by atoms with E-state index in [0.29, 0.717) is 5.92 Å². The van der Waals surface area contributed by atoms with Crippen molar-refractivity contribution in [3.63, 3.8) is 0 Å². The molecule has 1 aliphatic rings. The smallest absolute Gasteiger partial charge is 0.132 e. The van der Waals surface area contributed by atoms with E-state index < -0.39 is 0 Å². The van der Waals surface area contributed by atoms with Crippen LogP contribution < -0.4 is 0 Å². The molecule has 0 amide bonds. The molecule has 2 aromatic heterocycles. The predicted octanol–water partition coefficient (Wildman–Crippen LogP) is 4.08. The average molecular weight is 246 g/mol. The highest BCUT2D eigenvalue weighted by molar-refractivity contribution is 7.18. The molecule has 2 heterocycles. The molecule has 0 aromatic carbocycles. The van der Waals surface area contributed by atoms with Gasteiger partial charge in [-0.2, -0.15) is 0 Å². The molecular weight excluding hydrogens is 228 g/mol. The first-order valence-electron chi connectivity index (χ1n) is 6.40. The number of hydrogen-bond acceptors (Lipinski definition) is 3. The van der Waals surface area contributed by atoms with Crippen molar-refractivity contribution in [1.82, 2.24) is 9.97 Å². The van der Waals surface area contributed by atoms with E-state index in [2.05, 4.69) is 26.8 Å². The topological polar surface area (TPSA) is 25.8 Å². The van der Waals surface area contributed by atoms with Crippen molar-refractivity contribution in [2.45, 2.75) is 46.0 Å². The lowest BCUT2D eigenvalue weighted by Crippen LogP contribution is -2.02. The van der Waals surface area contributed by atoms with Gasteiger partial charge in [0.15, 0.2) is 0 Å². The van der Waals surface area contributed by atoms with Crippen molar-refractivity contribution in [2.75, 3.05) is 0 Å². The van der Waals surface area contributed by atoms with Crippen molar-refractivity contribution < 1.29 is 0 Å². The molecule has 0 spiro atoms. The van der Waals surface area contributed by atoms with Crippen LogP contribution in [0.3, 0.4) is 0 Å². The van der Waals surface area contributed by atoms with Gasteiger partial charge in [-0.05, 0) is 38.2 Å². The van der Waals surface area contributed by atoms with E-state index in [9.17, 15) is 0 Å². The van der Waals surface area contributed by atoms with Gasteiger partial charge in [0.2, 0.25) is 0 Å². The van der Waals surface area contributed by atoms with E-state index in [1.165, 1.54) is 33.6 Å².